The maximum Gasteiger partial charge on any atom is 0.137 e. The summed E-state index contributed by atoms with van der Waals surface area (Å²) in [7, 11) is 0. The van der Waals surface area contributed by atoms with Crippen molar-refractivity contribution in [1.29, 1.82) is 0 Å². The molecule has 0 aliphatic rings. The fourth-order valence-electron chi connectivity index (χ4n) is 2.35. The number of halogens is 2. The Morgan fingerprint density at radius 2 is 1.83 bits per heavy atom. The van der Waals surface area contributed by atoms with Gasteiger partial charge in [0.05, 0.1) is 5.52 Å². The lowest BCUT2D eigenvalue weighted by Crippen LogP contribution is -2.04. The third-order valence-electron chi connectivity index (χ3n) is 3.53. The first-order valence-corrected chi connectivity index (χ1v) is 10.3. The van der Waals surface area contributed by atoms with Crippen LogP contribution in [0.25, 0.3) is 10.9 Å². The van der Waals surface area contributed by atoms with E-state index in [4.69, 9.17) is 0 Å². The predicted molar refractivity (Wildman–Crippen MR) is 110 cm³/mol. The van der Waals surface area contributed by atoms with Crippen molar-refractivity contribution < 1.29 is 0 Å². The minimum Gasteiger partial charge on any atom is -0.369 e. The minimum absolute atomic E-state index is 0.904. The number of rotatable bonds is 7. The van der Waals surface area contributed by atoms with Gasteiger partial charge in [0.1, 0.15) is 12.1 Å². The first-order chi connectivity index (χ1) is 11.7. The Hall–Kier alpha value is -1.11. The molecule has 3 nitrogen and oxygen atoms in total. The highest BCUT2D eigenvalue weighted by molar-refractivity contribution is 9.10. The topological polar surface area (TPSA) is 37.8 Å². The molecule has 0 unspecified atom stereocenters. The lowest BCUT2D eigenvalue weighted by Gasteiger charge is -2.08. The lowest BCUT2D eigenvalue weighted by molar-refractivity contribution is 0.839. The van der Waals surface area contributed by atoms with Crippen LogP contribution in [0, 0.1) is 0 Å². The zero-order valence-electron chi connectivity index (χ0n) is 13.0. The molecule has 0 radical (unpaired) electrons. The smallest absolute Gasteiger partial charge is 0.137 e. The normalized spacial score (nSPS) is 10.9. The number of nitrogens with one attached hydrogen (secondary N) is 1. The summed E-state index contributed by atoms with van der Waals surface area (Å²) in [5, 5.41) is 4.49. The number of fused-ring (bicyclic) bond motifs is 1. The summed E-state index contributed by atoms with van der Waals surface area (Å²) in [6.07, 6.45) is 3.89. The fourth-order valence-corrected chi connectivity index (χ4v) is 4.23. The van der Waals surface area contributed by atoms with Gasteiger partial charge in [-0.15, -0.1) is 11.8 Å². The van der Waals surface area contributed by atoms with Gasteiger partial charge in [-0.05, 0) is 55.0 Å². The van der Waals surface area contributed by atoms with Crippen molar-refractivity contribution >= 4 is 60.3 Å². The van der Waals surface area contributed by atoms with Gasteiger partial charge in [-0.1, -0.05) is 37.9 Å². The van der Waals surface area contributed by atoms with Gasteiger partial charge in [0, 0.05) is 25.8 Å². The molecular weight excluding hydrogens is 450 g/mol. The molecular formula is C18H17Br2N3S. The number of anilines is 1. The summed E-state index contributed by atoms with van der Waals surface area (Å²) < 4.78 is 2.18. The van der Waals surface area contributed by atoms with Gasteiger partial charge in [-0.3, -0.25) is 0 Å². The van der Waals surface area contributed by atoms with Gasteiger partial charge in [0.15, 0.2) is 0 Å². The van der Waals surface area contributed by atoms with Gasteiger partial charge in [0.25, 0.3) is 0 Å². The molecule has 0 amide bonds. The first-order valence-electron chi connectivity index (χ1n) is 7.75. The molecule has 24 heavy (non-hydrogen) atoms. The molecule has 0 aliphatic heterocycles. The van der Waals surface area contributed by atoms with Crippen molar-refractivity contribution in [2.24, 2.45) is 0 Å². The second kappa shape index (κ2) is 8.83. The number of benzene rings is 2. The summed E-state index contributed by atoms with van der Waals surface area (Å²) >= 11 is 8.91. The van der Waals surface area contributed by atoms with Crippen LogP contribution >= 0.6 is 43.6 Å². The Kier molecular flexibility index (Phi) is 6.51. The maximum atomic E-state index is 4.37. The van der Waals surface area contributed by atoms with Gasteiger partial charge in [0.2, 0.25) is 0 Å². The van der Waals surface area contributed by atoms with E-state index in [9.17, 15) is 0 Å². The van der Waals surface area contributed by atoms with E-state index < -0.39 is 0 Å². The monoisotopic (exact) mass is 465 g/mol. The standard InChI is InChI=1S/C18H17Br2N3S/c19-13-4-3-5-15(10-13)24-9-2-1-8-21-18-16-11-14(20)6-7-17(16)22-12-23-18/h3-7,10-12H,1-2,8-9H2,(H,21,22,23). The van der Waals surface area contributed by atoms with E-state index in [2.05, 4.69) is 77.5 Å². The van der Waals surface area contributed by atoms with Gasteiger partial charge < -0.3 is 5.32 Å². The van der Waals surface area contributed by atoms with Crippen molar-refractivity contribution in [3.05, 3.63) is 57.7 Å². The van der Waals surface area contributed by atoms with E-state index in [0.29, 0.717) is 0 Å². The second-order valence-corrected chi connectivity index (χ2v) is 8.32. The molecule has 0 saturated carbocycles. The highest BCUT2D eigenvalue weighted by Gasteiger charge is 2.03. The van der Waals surface area contributed by atoms with Gasteiger partial charge >= 0.3 is 0 Å². The zero-order valence-corrected chi connectivity index (χ0v) is 17.0. The van der Waals surface area contributed by atoms with E-state index in [0.717, 1.165) is 50.8 Å². The lowest BCUT2D eigenvalue weighted by atomic mass is 10.2. The second-order valence-electron chi connectivity index (χ2n) is 5.32. The number of hydrogen-bond donors (Lipinski definition) is 1. The van der Waals surface area contributed by atoms with Crippen LogP contribution in [0.15, 0.2) is 62.6 Å². The van der Waals surface area contributed by atoms with Crippen LogP contribution in [0.1, 0.15) is 12.8 Å². The molecule has 1 aromatic heterocycles. The Bertz CT molecular complexity index is 826. The summed E-state index contributed by atoms with van der Waals surface area (Å²) in [4.78, 5) is 9.98. The van der Waals surface area contributed by atoms with Crippen LogP contribution < -0.4 is 5.32 Å². The van der Waals surface area contributed by atoms with Crippen molar-refractivity contribution in [1.82, 2.24) is 9.97 Å². The molecule has 0 saturated heterocycles. The Balaban J connectivity index is 1.46. The third-order valence-corrected chi connectivity index (χ3v) is 5.59. The largest absolute Gasteiger partial charge is 0.369 e. The average Bonchev–Trinajstić information content (AvgIpc) is 2.58. The van der Waals surface area contributed by atoms with Crippen molar-refractivity contribution in [3.63, 3.8) is 0 Å². The molecule has 0 fully saturated rings. The van der Waals surface area contributed by atoms with Crippen molar-refractivity contribution in [3.8, 4) is 0 Å². The van der Waals surface area contributed by atoms with Crippen LogP contribution in [-0.4, -0.2) is 22.3 Å². The van der Waals surface area contributed by atoms with Gasteiger partial charge in [-0.2, -0.15) is 0 Å². The first kappa shape index (κ1) is 17.7. The van der Waals surface area contributed by atoms with E-state index >= 15 is 0 Å². The van der Waals surface area contributed by atoms with E-state index in [1.165, 1.54) is 4.90 Å². The maximum absolute atomic E-state index is 4.37. The molecule has 6 heteroatoms. The Morgan fingerprint density at radius 3 is 2.71 bits per heavy atom. The van der Waals surface area contributed by atoms with Crippen LogP contribution in [-0.2, 0) is 0 Å². The summed E-state index contributed by atoms with van der Waals surface area (Å²) in [5.74, 6) is 2.02. The fraction of sp³-hybridized carbons (Fsp3) is 0.222. The number of hydrogen-bond acceptors (Lipinski definition) is 4. The summed E-state index contributed by atoms with van der Waals surface area (Å²) in [6.45, 7) is 0.914. The Labute approximate surface area is 162 Å². The van der Waals surface area contributed by atoms with Gasteiger partial charge in [-0.25, -0.2) is 9.97 Å². The quantitative estimate of drug-likeness (QED) is 0.335. The number of aromatic nitrogens is 2. The third kappa shape index (κ3) is 4.94. The molecule has 0 atom stereocenters. The van der Waals surface area contributed by atoms with E-state index in [-0.39, 0.29) is 0 Å². The molecule has 0 bridgehead atoms. The molecule has 3 rings (SSSR count). The molecule has 2 aromatic carbocycles. The molecule has 124 valence electrons. The molecule has 1 N–H and O–H groups in total. The highest BCUT2D eigenvalue weighted by Crippen LogP contribution is 2.24. The summed E-state index contributed by atoms with van der Waals surface area (Å²) in [5.41, 5.74) is 0.959. The van der Waals surface area contributed by atoms with Crippen LogP contribution in [0.4, 0.5) is 5.82 Å². The average molecular weight is 467 g/mol. The van der Waals surface area contributed by atoms with Crippen molar-refractivity contribution in [2.75, 3.05) is 17.6 Å². The SMILES string of the molecule is Brc1cccc(SCCCCNc2ncnc3ccc(Br)cc23)c1. The van der Waals surface area contributed by atoms with E-state index in [1.807, 2.05) is 23.9 Å². The zero-order chi connectivity index (χ0) is 16.8. The Morgan fingerprint density at radius 1 is 0.958 bits per heavy atom. The molecule has 1 heterocycles. The van der Waals surface area contributed by atoms with Crippen LogP contribution in [0.2, 0.25) is 0 Å². The van der Waals surface area contributed by atoms with Crippen LogP contribution in [0.5, 0.6) is 0 Å². The minimum atomic E-state index is 0.904. The van der Waals surface area contributed by atoms with Crippen molar-refractivity contribution in [2.45, 2.75) is 17.7 Å². The van der Waals surface area contributed by atoms with Crippen LogP contribution in [0.3, 0.4) is 0 Å². The molecule has 0 spiro atoms. The number of unbranched alkanes of at least 4 members (excludes halogenated alkanes) is 1. The molecule has 0 aliphatic carbocycles. The number of thioether (sulfide) groups is 1. The molecule has 3 aromatic rings. The summed E-state index contributed by atoms with van der Waals surface area (Å²) in [6, 6.07) is 14.5. The predicted octanol–water partition coefficient (Wildman–Crippen LogP) is 6.14. The highest BCUT2D eigenvalue weighted by atomic mass is 79.9. The number of nitrogens with zero attached hydrogens (tertiary/aromatic N) is 2. The van der Waals surface area contributed by atoms with E-state index in [1.54, 1.807) is 6.33 Å².